The minimum atomic E-state index is 0.150. The summed E-state index contributed by atoms with van der Waals surface area (Å²) in [6.45, 7) is 1.99. The highest BCUT2D eigenvalue weighted by molar-refractivity contribution is 5.43. The number of benzene rings is 2. The van der Waals surface area contributed by atoms with Crippen molar-refractivity contribution >= 4 is 5.69 Å². The van der Waals surface area contributed by atoms with E-state index in [1.165, 1.54) is 5.56 Å². The van der Waals surface area contributed by atoms with Gasteiger partial charge in [0, 0.05) is 11.7 Å². The average molecular weight is 242 g/mol. The van der Waals surface area contributed by atoms with E-state index in [1.807, 2.05) is 49.4 Å². The lowest BCUT2D eigenvalue weighted by Gasteiger charge is -2.09. The van der Waals surface area contributed by atoms with Crippen molar-refractivity contribution in [3.63, 3.8) is 0 Å². The number of rotatable bonds is 4. The van der Waals surface area contributed by atoms with Crippen LogP contribution in [0.4, 0.5) is 5.69 Å². The molecule has 0 aliphatic rings. The van der Waals surface area contributed by atoms with Gasteiger partial charge in [0.15, 0.2) is 0 Å². The van der Waals surface area contributed by atoms with Crippen LogP contribution in [-0.2, 0) is 6.42 Å². The van der Waals surface area contributed by atoms with Crippen LogP contribution in [0.25, 0.3) is 0 Å². The van der Waals surface area contributed by atoms with E-state index in [9.17, 15) is 0 Å². The molecule has 3 nitrogen and oxygen atoms in total. The van der Waals surface area contributed by atoms with E-state index >= 15 is 0 Å². The Labute approximate surface area is 107 Å². The summed E-state index contributed by atoms with van der Waals surface area (Å²) in [7, 11) is 0. The van der Waals surface area contributed by atoms with Crippen LogP contribution >= 0.6 is 0 Å². The second-order valence-corrected chi connectivity index (χ2v) is 4.50. The number of hydrogen-bond donors (Lipinski definition) is 2. The zero-order valence-electron chi connectivity index (χ0n) is 10.5. The lowest BCUT2D eigenvalue weighted by Crippen LogP contribution is -2.17. The third-order valence-electron chi connectivity index (χ3n) is 2.57. The Morgan fingerprint density at radius 1 is 1.06 bits per heavy atom. The number of anilines is 1. The fraction of sp³-hybridized carbons (Fsp3) is 0.200. The molecule has 4 N–H and O–H groups in total. The molecular weight excluding hydrogens is 224 g/mol. The molecule has 2 rings (SSSR count). The summed E-state index contributed by atoms with van der Waals surface area (Å²) in [6.07, 6.45) is 0.846. The van der Waals surface area contributed by atoms with Crippen LogP contribution in [0.15, 0.2) is 48.5 Å². The number of nitrogens with two attached hydrogens (primary N) is 2. The zero-order valence-corrected chi connectivity index (χ0v) is 10.5. The largest absolute Gasteiger partial charge is 0.457 e. The van der Waals surface area contributed by atoms with Crippen molar-refractivity contribution in [2.75, 3.05) is 5.73 Å². The van der Waals surface area contributed by atoms with Crippen LogP contribution < -0.4 is 16.2 Å². The summed E-state index contributed by atoms with van der Waals surface area (Å²) >= 11 is 0. The lowest BCUT2D eigenvalue weighted by atomic mass is 10.1. The fourth-order valence-electron chi connectivity index (χ4n) is 1.78. The van der Waals surface area contributed by atoms with Gasteiger partial charge >= 0.3 is 0 Å². The Morgan fingerprint density at radius 3 is 2.44 bits per heavy atom. The molecule has 94 valence electrons. The van der Waals surface area contributed by atoms with E-state index in [4.69, 9.17) is 16.2 Å². The fourth-order valence-corrected chi connectivity index (χ4v) is 1.78. The molecule has 0 aliphatic carbocycles. The van der Waals surface area contributed by atoms with E-state index in [1.54, 1.807) is 0 Å². The Balaban J connectivity index is 2.11. The predicted octanol–water partition coefficient (Wildman–Crippen LogP) is 2.95. The number of ether oxygens (including phenoxy) is 1. The monoisotopic (exact) mass is 242 g/mol. The highest BCUT2D eigenvalue weighted by Crippen LogP contribution is 2.23. The highest BCUT2D eigenvalue weighted by Gasteiger charge is 2.01. The van der Waals surface area contributed by atoms with Gasteiger partial charge < -0.3 is 16.2 Å². The Hall–Kier alpha value is -2.00. The van der Waals surface area contributed by atoms with E-state index in [2.05, 4.69) is 6.07 Å². The minimum absolute atomic E-state index is 0.150. The van der Waals surface area contributed by atoms with Gasteiger partial charge in [-0.1, -0.05) is 12.1 Å². The summed E-state index contributed by atoms with van der Waals surface area (Å²) in [5, 5.41) is 0. The van der Waals surface area contributed by atoms with Crippen LogP contribution in [0.5, 0.6) is 11.5 Å². The zero-order chi connectivity index (χ0) is 13.0. The Bertz CT molecular complexity index is 506. The lowest BCUT2D eigenvalue weighted by molar-refractivity contribution is 0.482. The van der Waals surface area contributed by atoms with Crippen LogP contribution in [-0.4, -0.2) is 6.04 Å². The molecule has 0 heterocycles. The van der Waals surface area contributed by atoms with E-state index in [0.29, 0.717) is 0 Å². The molecule has 1 atom stereocenters. The summed E-state index contributed by atoms with van der Waals surface area (Å²) in [5.74, 6) is 1.60. The predicted molar refractivity (Wildman–Crippen MR) is 74.7 cm³/mol. The normalized spacial score (nSPS) is 12.1. The van der Waals surface area contributed by atoms with Crippen LogP contribution in [0.3, 0.4) is 0 Å². The van der Waals surface area contributed by atoms with Crippen molar-refractivity contribution < 1.29 is 4.74 Å². The highest BCUT2D eigenvalue weighted by atomic mass is 16.5. The smallest absolute Gasteiger partial charge is 0.127 e. The number of nitrogen functional groups attached to an aromatic ring is 1. The van der Waals surface area contributed by atoms with Crippen molar-refractivity contribution in [2.45, 2.75) is 19.4 Å². The van der Waals surface area contributed by atoms with Gasteiger partial charge in [0.1, 0.15) is 11.5 Å². The number of hydrogen-bond acceptors (Lipinski definition) is 3. The first kappa shape index (κ1) is 12.5. The first-order valence-electron chi connectivity index (χ1n) is 6.01. The molecule has 0 aromatic heterocycles. The first-order valence-corrected chi connectivity index (χ1v) is 6.01. The molecule has 0 fully saturated rings. The molecular formula is C15H18N2O. The van der Waals surface area contributed by atoms with Gasteiger partial charge in [-0.15, -0.1) is 0 Å². The molecule has 0 saturated carbocycles. The van der Waals surface area contributed by atoms with Gasteiger partial charge in [-0.3, -0.25) is 0 Å². The van der Waals surface area contributed by atoms with Gasteiger partial charge in [-0.05, 0) is 55.3 Å². The maximum Gasteiger partial charge on any atom is 0.127 e. The first-order chi connectivity index (χ1) is 8.63. The Morgan fingerprint density at radius 2 is 1.78 bits per heavy atom. The maximum absolute atomic E-state index is 5.79. The van der Waals surface area contributed by atoms with Crippen molar-refractivity contribution in [2.24, 2.45) is 5.73 Å². The topological polar surface area (TPSA) is 61.3 Å². The van der Waals surface area contributed by atoms with Gasteiger partial charge in [0.2, 0.25) is 0 Å². The van der Waals surface area contributed by atoms with Crippen molar-refractivity contribution in [1.29, 1.82) is 0 Å². The molecule has 0 bridgehead atoms. The Kier molecular flexibility index (Phi) is 3.85. The molecule has 0 spiro atoms. The molecule has 0 radical (unpaired) electrons. The van der Waals surface area contributed by atoms with Gasteiger partial charge in [-0.25, -0.2) is 0 Å². The van der Waals surface area contributed by atoms with Crippen LogP contribution in [0.1, 0.15) is 12.5 Å². The van der Waals surface area contributed by atoms with Gasteiger partial charge in [-0.2, -0.15) is 0 Å². The van der Waals surface area contributed by atoms with Gasteiger partial charge in [0.25, 0.3) is 0 Å². The summed E-state index contributed by atoms with van der Waals surface area (Å²) in [6, 6.07) is 15.5. The molecule has 18 heavy (non-hydrogen) atoms. The van der Waals surface area contributed by atoms with Gasteiger partial charge in [0.05, 0.1) is 0 Å². The van der Waals surface area contributed by atoms with Crippen molar-refractivity contribution in [1.82, 2.24) is 0 Å². The van der Waals surface area contributed by atoms with Crippen molar-refractivity contribution in [3.8, 4) is 11.5 Å². The maximum atomic E-state index is 5.79. The second kappa shape index (κ2) is 5.56. The molecule has 3 heteroatoms. The van der Waals surface area contributed by atoms with E-state index in [0.717, 1.165) is 23.6 Å². The summed E-state index contributed by atoms with van der Waals surface area (Å²) < 4.78 is 5.76. The molecule has 2 aromatic carbocycles. The van der Waals surface area contributed by atoms with E-state index < -0.39 is 0 Å². The quantitative estimate of drug-likeness (QED) is 0.810. The third-order valence-corrected chi connectivity index (χ3v) is 2.57. The molecule has 2 aromatic rings. The van der Waals surface area contributed by atoms with E-state index in [-0.39, 0.29) is 6.04 Å². The van der Waals surface area contributed by atoms with Crippen molar-refractivity contribution in [3.05, 3.63) is 54.1 Å². The summed E-state index contributed by atoms with van der Waals surface area (Å²) in [5.41, 5.74) is 13.3. The molecule has 0 saturated heterocycles. The standard InChI is InChI=1S/C15H18N2O/c1-11(16)9-12-3-2-4-15(10-12)18-14-7-5-13(17)6-8-14/h2-8,10-11H,9,16-17H2,1H3. The SMILES string of the molecule is CC(N)Cc1cccc(Oc2ccc(N)cc2)c1. The second-order valence-electron chi connectivity index (χ2n) is 4.50. The van der Waals surface area contributed by atoms with Crippen LogP contribution in [0.2, 0.25) is 0 Å². The molecule has 0 amide bonds. The van der Waals surface area contributed by atoms with Crippen LogP contribution in [0, 0.1) is 0 Å². The minimum Gasteiger partial charge on any atom is -0.457 e. The summed E-state index contributed by atoms with van der Waals surface area (Å²) in [4.78, 5) is 0. The molecule has 1 unspecified atom stereocenters. The molecule has 0 aliphatic heterocycles. The third kappa shape index (κ3) is 3.50. The average Bonchev–Trinajstić information content (AvgIpc) is 2.32.